The van der Waals surface area contributed by atoms with Crippen molar-refractivity contribution in [3.05, 3.63) is 101 Å². The minimum Gasteiger partial charge on any atom is -0.361 e. The van der Waals surface area contributed by atoms with Crippen molar-refractivity contribution in [3.63, 3.8) is 0 Å². The van der Waals surface area contributed by atoms with Crippen LogP contribution in [0.1, 0.15) is 27.7 Å². The van der Waals surface area contributed by atoms with Gasteiger partial charge < -0.3 is 9.88 Å². The number of nitrogens with zero attached hydrogens (tertiary/aromatic N) is 3. The van der Waals surface area contributed by atoms with E-state index in [-0.39, 0.29) is 11.8 Å². The van der Waals surface area contributed by atoms with Crippen molar-refractivity contribution in [1.29, 1.82) is 0 Å². The van der Waals surface area contributed by atoms with Gasteiger partial charge in [-0.3, -0.25) is 19.9 Å². The lowest BCUT2D eigenvalue weighted by Crippen LogP contribution is -2.38. The van der Waals surface area contributed by atoms with E-state index in [1.807, 2.05) is 48.7 Å². The normalized spacial score (nSPS) is 13.8. The number of aromatic nitrogens is 3. The lowest BCUT2D eigenvalue weighted by molar-refractivity contribution is -0.121. The summed E-state index contributed by atoms with van der Waals surface area (Å²) in [4.78, 5) is 40.2. The summed E-state index contributed by atoms with van der Waals surface area (Å²) in [5.74, 6) is -0.530. The molecular weight excluding hydrogens is 446 g/mol. The van der Waals surface area contributed by atoms with Crippen molar-refractivity contribution in [1.82, 2.24) is 19.9 Å². The molecule has 1 unspecified atom stereocenters. The van der Waals surface area contributed by atoms with Gasteiger partial charge in [0.25, 0.3) is 11.8 Å². The molecule has 3 aromatic heterocycles. The maximum atomic E-state index is 13.6. The van der Waals surface area contributed by atoms with Crippen LogP contribution in [0.4, 0.5) is 5.13 Å². The Balaban J connectivity index is 1.35. The Bertz CT molecular complexity index is 1510. The predicted molar refractivity (Wildman–Crippen MR) is 131 cm³/mol. The van der Waals surface area contributed by atoms with Crippen molar-refractivity contribution in [2.45, 2.75) is 12.6 Å². The molecule has 0 fully saturated rings. The van der Waals surface area contributed by atoms with Gasteiger partial charge in [0.15, 0.2) is 11.2 Å². The largest absolute Gasteiger partial charge is 0.361 e. The van der Waals surface area contributed by atoms with Crippen molar-refractivity contribution < 1.29 is 9.59 Å². The summed E-state index contributed by atoms with van der Waals surface area (Å²) >= 11 is 1.33. The third-order valence-electron chi connectivity index (χ3n) is 6.02. The molecule has 0 aliphatic carbocycles. The predicted octanol–water partition coefficient (Wildman–Crippen LogP) is 5.02. The number of carbonyl (C=O) groups excluding carboxylic acids is 2. The first-order valence-corrected chi connectivity index (χ1v) is 11.7. The van der Waals surface area contributed by atoms with Crippen molar-refractivity contribution >= 4 is 39.2 Å². The number of hydrogen-bond acceptors (Lipinski definition) is 5. The number of H-pyrrole nitrogens is 1. The summed E-state index contributed by atoms with van der Waals surface area (Å²) in [7, 11) is 0. The molecule has 0 spiro atoms. The van der Waals surface area contributed by atoms with E-state index in [9.17, 15) is 9.59 Å². The number of pyridine rings is 1. The van der Waals surface area contributed by atoms with Gasteiger partial charge in [0, 0.05) is 41.6 Å². The zero-order valence-corrected chi connectivity index (χ0v) is 18.8. The third-order valence-corrected chi connectivity index (χ3v) is 6.71. The Hall–Kier alpha value is -4.30. The van der Waals surface area contributed by atoms with E-state index in [1.165, 1.54) is 11.3 Å². The minimum atomic E-state index is -0.871. The molecule has 1 aliphatic heterocycles. The Morgan fingerprint density at radius 3 is 2.74 bits per heavy atom. The smallest absolute Gasteiger partial charge is 0.255 e. The molecule has 2 N–H and O–H groups in total. The van der Waals surface area contributed by atoms with Gasteiger partial charge in [0.05, 0.1) is 5.69 Å². The molecule has 5 aromatic rings. The quantitative estimate of drug-likeness (QED) is 0.381. The maximum Gasteiger partial charge on any atom is 0.255 e. The molecular formula is C26H19N5O2S. The highest BCUT2D eigenvalue weighted by atomic mass is 32.1. The Kier molecular flexibility index (Phi) is 4.92. The van der Waals surface area contributed by atoms with Crippen LogP contribution in [-0.2, 0) is 11.3 Å². The number of aromatic amines is 1. The van der Waals surface area contributed by atoms with Crippen LogP contribution in [-0.4, -0.2) is 31.7 Å². The molecule has 0 radical (unpaired) electrons. The highest BCUT2D eigenvalue weighted by Crippen LogP contribution is 2.34. The number of thiazole rings is 1. The van der Waals surface area contributed by atoms with Gasteiger partial charge in [0.1, 0.15) is 0 Å². The zero-order valence-electron chi connectivity index (χ0n) is 17.9. The molecule has 6 rings (SSSR count). The second-order valence-electron chi connectivity index (χ2n) is 8.07. The summed E-state index contributed by atoms with van der Waals surface area (Å²) in [6.45, 7) is 0.331. The standard InChI is InChI=1S/C26H19N5O2S/c32-24(30-26-29-11-12-34-26)23(22-3-1-2-9-27-22)31-15-19-5-4-17(14-20(19)25(31)33)16-6-7-21-18(13-16)8-10-28-21/h1-14,23,28H,15H2,(H,29,30,32). The molecule has 0 saturated heterocycles. The highest BCUT2D eigenvalue weighted by Gasteiger charge is 2.38. The molecule has 166 valence electrons. The fourth-order valence-electron chi connectivity index (χ4n) is 4.38. The number of benzene rings is 2. The van der Waals surface area contributed by atoms with Crippen molar-refractivity contribution in [2.75, 3.05) is 5.32 Å². The first-order valence-electron chi connectivity index (χ1n) is 10.8. The lowest BCUT2D eigenvalue weighted by atomic mass is 9.99. The summed E-state index contributed by atoms with van der Waals surface area (Å²) in [5.41, 5.74) is 5.06. The van der Waals surface area contributed by atoms with Crippen LogP contribution in [0.5, 0.6) is 0 Å². The molecule has 1 atom stereocenters. The van der Waals surface area contributed by atoms with Crippen LogP contribution in [0.25, 0.3) is 22.0 Å². The Morgan fingerprint density at radius 2 is 1.91 bits per heavy atom. The first kappa shape index (κ1) is 20.3. The monoisotopic (exact) mass is 465 g/mol. The van der Waals surface area contributed by atoms with E-state index >= 15 is 0 Å². The van der Waals surface area contributed by atoms with Gasteiger partial charge in [0.2, 0.25) is 0 Å². The number of amides is 2. The molecule has 34 heavy (non-hydrogen) atoms. The van der Waals surface area contributed by atoms with Gasteiger partial charge in [-0.1, -0.05) is 24.3 Å². The number of carbonyl (C=O) groups is 2. The fraction of sp³-hybridized carbons (Fsp3) is 0.0769. The van der Waals surface area contributed by atoms with Crippen LogP contribution >= 0.6 is 11.3 Å². The number of hydrogen-bond donors (Lipinski definition) is 2. The SMILES string of the molecule is O=C(Nc1nccs1)C(c1ccccn1)N1Cc2ccc(-c3ccc4[nH]ccc4c3)cc2C1=O. The second kappa shape index (κ2) is 8.24. The minimum absolute atomic E-state index is 0.190. The Labute approximate surface area is 199 Å². The fourth-order valence-corrected chi connectivity index (χ4v) is 4.91. The zero-order chi connectivity index (χ0) is 23.1. The van der Waals surface area contributed by atoms with Crippen LogP contribution in [0, 0.1) is 0 Å². The van der Waals surface area contributed by atoms with E-state index in [0.29, 0.717) is 22.9 Å². The Morgan fingerprint density at radius 1 is 1.03 bits per heavy atom. The molecule has 1 aliphatic rings. The molecule has 0 saturated carbocycles. The molecule has 7 nitrogen and oxygen atoms in total. The number of fused-ring (bicyclic) bond motifs is 2. The lowest BCUT2D eigenvalue weighted by Gasteiger charge is -2.26. The van der Waals surface area contributed by atoms with E-state index < -0.39 is 6.04 Å². The number of rotatable bonds is 5. The average Bonchev–Trinajstić information content (AvgIpc) is 3.61. The number of anilines is 1. The van der Waals surface area contributed by atoms with Gasteiger partial charge in [-0.2, -0.15) is 0 Å². The summed E-state index contributed by atoms with van der Waals surface area (Å²) in [5, 5.41) is 6.21. The average molecular weight is 466 g/mol. The van der Waals surface area contributed by atoms with Gasteiger partial charge in [-0.15, -0.1) is 11.3 Å². The molecule has 4 heterocycles. The topological polar surface area (TPSA) is 91.0 Å². The molecule has 0 bridgehead atoms. The summed E-state index contributed by atoms with van der Waals surface area (Å²) in [6, 6.07) is 18.6. The van der Waals surface area contributed by atoms with E-state index in [1.54, 1.807) is 34.8 Å². The van der Waals surface area contributed by atoms with E-state index in [0.717, 1.165) is 27.6 Å². The maximum absolute atomic E-state index is 13.6. The van der Waals surface area contributed by atoms with E-state index in [2.05, 4.69) is 26.3 Å². The third kappa shape index (κ3) is 3.54. The van der Waals surface area contributed by atoms with Gasteiger partial charge in [-0.25, -0.2) is 4.98 Å². The van der Waals surface area contributed by atoms with Gasteiger partial charge in [-0.05, 0) is 58.5 Å². The van der Waals surface area contributed by atoms with Crippen molar-refractivity contribution in [3.8, 4) is 11.1 Å². The molecule has 2 aromatic carbocycles. The van der Waals surface area contributed by atoms with Crippen molar-refractivity contribution in [2.24, 2.45) is 0 Å². The number of nitrogens with one attached hydrogen (secondary N) is 2. The first-order chi connectivity index (χ1) is 16.7. The van der Waals surface area contributed by atoms with E-state index in [4.69, 9.17) is 0 Å². The van der Waals surface area contributed by atoms with Gasteiger partial charge >= 0.3 is 0 Å². The summed E-state index contributed by atoms with van der Waals surface area (Å²) < 4.78 is 0. The second-order valence-corrected chi connectivity index (χ2v) is 8.96. The van der Waals surface area contributed by atoms with Crippen LogP contribution < -0.4 is 5.32 Å². The molecule has 2 amide bonds. The highest BCUT2D eigenvalue weighted by molar-refractivity contribution is 7.13. The summed E-state index contributed by atoms with van der Waals surface area (Å²) in [6.07, 6.45) is 5.16. The van der Waals surface area contributed by atoms with Crippen LogP contribution in [0.2, 0.25) is 0 Å². The van der Waals surface area contributed by atoms with Crippen LogP contribution in [0.3, 0.4) is 0 Å². The van der Waals surface area contributed by atoms with Crippen LogP contribution in [0.15, 0.2) is 84.6 Å². The molecule has 8 heteroatoms.